The number of aryl methyl sites for hydroxylation is 2. The summed E-state index contributed by atoms with van der Waals surface area (Å²) in [5.74, 6) is -0.766. The first kappa shape index (κ1) is 16.1. The van der Waals surface area contributed by atoms with Crippen LogP contribution in [0, 0.1) is 37.5 Å². The number of hydrogen-bond donors (Lipinski definition) is 1. The molecule has 0 radical (unpaired) electrons. The Morgan fingerprint density at radius 2 is 1.76 bits per heavy atom. The maximum absolute atomic E-state index is 12.6. The highest BCUT2D eigenvalue weighted by molar-refractivity contribution is 6.08. The summed E-state index contributed by atoms with van der Waals surface area (Å²) in [6, 6.07) is 6.07. The average Bonchev–Trinajstić information content (AvgIpc) is 3.24. The van der Waals surface area contributed by atoms with Gasteiger partial charge in [-0.3, -0.25) is 19.3 Å². The highest BCUT2D eigenvalue weighted by atomic mass is 16.2. The Balaban J connectivity index is 1.38. The molecule has 4 atom stereocenters. The maximum Gasteiger partial charge on any atom is 0.240 e. The number of hydrogen-bond acceptors (Lipinski definition) is 3. The monoisotopic (exact) mass is 338 g/mol. The predicted octanol–water partition coefficient (Wildman–Crippen LogP) is 1.73. The number of rotatable bonds is 4. The number of carbonyl (C=O) groups excluding carboxylic acids is 3. The molecule has 2 fully saturated rings. The number of nitrogens with zero attached hydrogens (tertiary/aromatic N) is 1. The molecular formula is C20H22N2O3. The molecule has 3 aliphatic rings. The van der Waals surface area contributed by atoms with E-state index in [4.69, 9.17) is 0 Å². The lowest BCUT2D eigenvalue weighted by Crippen LogP contribution is -2.41. The molecule has 3 amide bonds. The van der Waals surface area contributed by atoms with Crippen molar-refractivity contribution in [3.63, 3.8) is 0 Å². The molecule has 1 heterocycles. The van der Waals surface area contributed by atoms with E-state index >= 15 is 0 Å². The van der Waals surface area contributed by atoms with Gasteiger partial charge in [0.1, 0.15) is 6.54 Å². The lowest BCUT2D eigenvalue weighted by Gasteiger charge is -2.17. The standard InChI is InChI=1S/C20H22N2O3/c1-11-3-4-15(12(2)7-11)9-21-16(23)10-22-19(24)17-13-5-6-14(8-13)18(17)20(22)25/h3-7,13-14,17-18H,8-10H2,1-2H3,(H,21,23). The normalized spacial score (nSPS) is 29.4. The van der Waals surface area contributed by atoms with E-state index in [9.17, 15) is 14.4 Å². The van der Waals surface area contributed by atoms with Crippen LogP contribution in [-0.2, 0) is 20.9 Å². The Kier molecular flexibility index (Phi) is 3.74. The predicted molar refractivity (Wildman–Crippen MR) is 92.2 cm³/mol. The van der Waals surface area contributed by atoms with E-state index < -0.39 is 0 Å². The largest absolute Gasteiger partial charge is 0.350 e. The number of nitrogens with one attached hydrogen (secondary N) is 1. The molecule has 4 unspecified atom stereocenters. The zero-order valence-corrected chi connectivity index (χ0v) is 14.5. The van der Waals surface area contributed by atoms with E-state index in [2.05, 4.69) is 23.5 Å². The summed E-state index contributed by atoms with van der Waals surface area (Å²) >= 11 is 0. The fourth-order valence-electron chi connectivity index (χ4n) is 4.56. The minimum Gasteiger partial charge on any atom is -0.350 e. The van der Waals surface area contributed by atoms with Crippen molar-refractivity contribution >= 4 is 17.7 Å². The average molecular weight is 338 g/mol. The van der Waals surface area contributed by atoms with Crippen LogP contribution in [0.1, 0.15) is 23.1 Å². The topological polar surface area (TPSA) is 66.5 Å². The van der Waals surface area contributed by atoms with Gasteiger partial charge < -0.3 is 5.32 Å². The van der Waals surface area contributed by atoms with Gasteiger partial charge in [0.25, 0.3) is 0 Å². The molecule has 1 aliphatic heterocycles. The molecule has 0 spiro atoms. The first-order valence-corrected chi connectivity index (χ1v) is 8.82. The van der Waals surface area contributed by atoms with E-state index in [-0.39, 0.29) is 47.9 Å². The summed E-state index contributed by atoms with van der Waals surface area (Å²) in [6.07, 6.45) is 5.01. The van der Waals surface area contributed by atoms with E-state index in [0.29, 0.717) is 6.54 Å². The molecule has 1 saturated carbocycles. The third-order valence-electron chi connectivity index (χ3n) is 5.84. The summed E-state index contributed by atoms with van der Waals surface area (Å²) < 4.78 is 0. The summed E-state index contributed by atoms with van der Waals surface area (Å²) in [6.45, 7) is 4.26. The second kappa shape index (κ2) is 5.83. The second-order valence-corrected chi connectivity index (χ2v) is 7.47. The highest BCUT2D eigenvalue weighted by Crippen LogP contribution is 2.52. The number of likely N-dealkylation sites (tertiary alicyclic amines) is 1. The number of carbonyl (C=O) groups is 3. The van der Waals surface area contributed by atoms with Gasteiger partial charge in [-0.05, 0) is 43.2 Å². The fraction of sp³-hybridized carbons (Fsp3) is 0.450. The molecule has 2 bridgehead atoms. The van der Waals surface area contributed by atoms with E-state index in [0.717, 1.165) is 17.5 Å². The lowest BCUT2D eigenvalue weighted by molar-refractivity contribution is -0.144. The molecule has 2 aliphatic carbocycles. The minimum absolute atomic E-state index is 0.172. The second-order valence-electron chi connectivity index (χ2n) is 7.47. The summed E-state index contributed by atoms with van der Waals surface area (Å²) in [5, 5.41) is 2.83. The zero-order valence-electron chi connectivity index (χ0n) is 14.5. The van der Waals surface area contributed by atoms with Crippen LogP contribution in [0.5, 0.6) is 0 Å². The molecule has 1 saturated heterocycles. The van der Waals surface area contributed by atoms with Gasteiger partial charge in [0, 0.05) is 6.54 Å². The van der Waals surface area contributed by atoms with Gasteiger partial charge in [-0.1, -0.05) is 35.9 Å². The van der Waals surface area contributed by atoms with Crippen molar-refractivity contribution in [1.29, 1.82) is 0 Å². The van der Waals surface area contributed by atoms with Crippen LogP contribution in [0.25, 0.3) is 0 Å². The Hall–Kier alpha value is -2.43. The smallest absolute Gasteiger partial charge is 0.240 e. The van der Waals surface area contributed by atoms with Gasteiger partial charge in [-0.2, -0.15) is 0 Å². The summed E-state index contributed by atoms with van der Waals surface area (Å²) in [7, 11) is 0. The summed E-state index contributed by atoms with van der Waals surface area (Å²) in [5.41, 5.74) is 3.33. The van der Waals surface area contributed by atoms with Crippen LogP contribution in [-0.4, -0.2) is 29.2 Å². The van der Waals surface area contributed by atoms with Gasteiger partial charge in [0.2, 0.25) is 17.7 Å². The molecule has 1 N–H and O–H groups in total. The van der Waals surface area contributed by atoms with Crippen LogP contribution in [0.3, 0.4) is 0 Å². The minimum atomic E-state index is -0.290. The van der Waals surface area contributed by atoms with Crippen molar-refractivity contribution < 1.29 is 14.4 Å². The fourth-order valence-corrected chi connectivity index (χ4v) is 4.56. The third kappa shape index (κ3) is 2.58. The van der Waals surface area contributed by atoms with Crippen LogP contribution < -0.4 is 5.32 Å². The van der Waals surface area contributed by atoms with Gasteiger partial charge in [0.15, 0.2) is 0 Å². The molecule has 25 heavy (non-hydrogen) atoms. The maximum atomic E-state index is 12.6. The Morgan fingerprint density at radius 3 is 2.36 bits per heavy atom. The highest BCUT2D eigenvalue weighted by Gasteiger charge is 2.59. The number of benzene rings is 1. The van der Waals surface area contributed by atoms with Crippen LogP contribution in [0.2, 0.25) is 0 Å². The number of fused-ring (bicyclic) bond motifs is 5. The van der Waals surface area contributed by atoms with Crippen LogP contribution in [0.4, 0.5) is 0 Å². The molecule has 1 aromatic carbocycles. The quantitative estimate of drug-likeness (QED) is 0.671. The van der Waals surface area contributed by atoms with Gasteiger partial charge in [0.05, 0.1) is 11.8 Å². The van der Waals surface area contributed by atoms with Gasteiger partial charge >= 0.3 is 0 Å². The molecular weight excluding hydrogens is 316 g/mol. The molecule has 4 rings (SSSR count). The number of amides is 3. The molecule has 5 heteroatoms. The Bertz CT molecular complexity index is 768. The van der Waals surface area contributed by atoms with Gasteiger partial charge in [-0.15, -0.1) is 0 Å². The first-order chi connectivity index (χ1) is 12.0. The number of imide groups is 1. The molecule has 0 aromatic heterocycles. The molecule has 1 aromatic rings. The molecule has 5 nitrogen and oxygen atoms in total. The van der Waals surface area contributed by atoms with E-state index in [1.807, 2.05) is 26.0 Å². The SMILES string of the molecule is Cc1ccc(CNC(=O)CN2C(=O)C3C4C=CC(C4)C3C2=O)c(C)c1. The lowest BCUT2D eigenvalue weighted by atomic mass is 9.85. The Labute approximate surface area is 147 Å². The van der Waals surface area contributed by atoms with Crippen molar-refractivity contribution in [3.8, 4) is 0 Å². The van der Waals surface area contributed by atoms with Crippen molar-refractivity contribution in [2.24, 2.45) is 23.7 Å². The summed E-state index contributed by atoms with van der Waals surface area (Å²) in [4.78, 5) is 38.6. The van der Waals surface area contributed by atoms with Gasteiger partial charge in [-0.25, -0.2) is 0 Å². The van der Waals surface area contributed by atoms with E-state index in [1.165, 1.54) is 10.5 Å². The first-order valence-electron chi connectivity index (χ1n) is 8.82. The molecule has 130 valence electrons. The van der Waals surface area contributed by atoms with Crippen molar-refractivity contribution in [2.75, 3.05) is 6.54 Å². The van der Waals surface area contributed by atoms with E-state index in [1.54, 1.807) is 0 Å². The van der Waals surface area contributed by atoms with Crippen molar-refractivity contribution in [3.05, 3.63) is 47.0 Å². The van der Waals surface area contributed by atoms with Crippen molar-refractivity contribution in [2.45, 2.75) is 26.8 Å². The van der Waals surface area contributed by atoms with Crippen molar-refractivity contribution in [1.82, 2.24) is 10.2 Å². The zero-order chi connectivity index (χ0) is 17.7. The Morgan fingerprint density at radius 1 is 1.12 bits per heavy atom. The van der Waals surface area contributed by atoms with Crippen LogP contribution >= 0.6 is 0 Å². The third-order valence-corrected chi connectivity index (χ3v) is 5.84. The van der Waals surface area contributed by atoms with Crippen LogP contribution in [0.15, 0.2) is 30.4 Å². The number of allylic oxidation sites excluding steroid dienone is 2.